The summed E-state index contributed by atoms with van der Waals surface area (Å²) in [4.78, 5) is 14.1. The molecule has 124 valence electrons. The molecule has 1 amide bonds. The number of hydrogen-bond donors (Lipinski definition) is 0. The van der Waals surface area contributed by atoms with Gasteiger partial charge in [0.2, 0.25) is 0 Å². The lowest BCUT2D eigenvalue weighted by Crippen LogP contribution is -2.37. The highest BCUT2D eigenvalue weighted by molar-refractivity contribution is 5.69. The molecule has 4 nitrogen and oxygen atoms in total. The summed E-state index contributed by atoms with van der Waals surface area (Å²) in [5.74, 6) is 0.833. The molecular formula is C20H21NO3. The van der Waals surface area contributed by atoms with Gasteiger partial charge in [-0.3, -0.25) is 4.90 Å². The second kappa shape index (κ2) is 7.68. The monoisotopic (exact) mass is 323 g/mol. The minimum absolute atomic E-state index is 0.0293. The Morgan fingerprint density at radius 1 is 1.08 bits per heavy atom. The first-order valence-electron chi connectivity index (χ1n) is 8.03. The maximum absolute atomic E-state index is 12.4. The lowest BCUT2D eigenvalue weighted by molar-refractivity contribution is 0.0950. The van der Waals surface area contributed by atoms with E-state index in [4.69, 9.17) is 9.47 Å². The Kier molecular flexibility index (Phi) is 5.16. The predicted octanol–water partition coefficient (Wildman–Crippen LogP) is 3.81. The van der Waals surface area contributed by atoms with Crippen molar-refractivity contribution >= 4 is 6.09 Å². The molecule has 0 bridgehead atoms. The first kappa shape index (κ1) is 16.1. The lowest BCUT2D eigenvalue weighted by Gasteiger charge is -2.24. The van der Waals surface area contributed by atoms with Crippen molar-refractivity contribution in [3.05, 3.63) is 77.9 Å². The number of methoxy groups -OCH3 is 1. The Hall–Kier alpha value is -2.75. The Morgan fingerprint density at radius 3 is 2.54 bits per heavy atom. The second-order valence-corrected chi connectivity index (χ2v) is 5.74. The van der Waals surface area contributed by atoms with Crippen LogP contribution in [0.4, 0.5) is 4.79 Å². The first-order chi connectivity index (χ1) is 11.8. The minimum atomic E-state index is -0.276. The van der Waals surface area contributed by atoms with Gasteiger partial charge in [-0.2, -0.15) is 0 Å². The van der Waals surface area contributed by atoms with Gasteiger partial charge in [0.15, 0.2) is 0 Å². The highest BCUT2D eigenvalue weighted by Crippen LogP contribution is 2.19. The van der Waals surface area contributed by atoms with E-state index in [0.717, 1.165) is 23.3 Å². The molecule has 0 fully saturated rings. The predicted molar refractivity (Wildman–Crippen MR) is 93.0 cm³/mol. The van der Waals surface area contributed by atoms with Crippen molar-refractivity contribution in [3.63, 3.8) is 0 Å². The van der Waals surface area contributed by atoms with Crippen LogP contribution in [0.1, 0.15) is 11.1 Å². The maximum atomic E-state index is 12.4. The third kappa shape index (κ3) is 3.96. The van der Waals surface area contributed by atoms with Crippen LogP contribution in [-0.4, -0.2) is 30.7 Å². The summed E-state index contributed by atoms with van der Waals surface area (Å²) in [6.07, 6.45) is 4.56. The van der Waals surface area contributed by atoms with Crippen LogP contribution in [0, 0.1) is 0 Å². The number of rotatable bonds is 5. The summed E-state index contributed by atoms with van der Waals surface area (Å²) in [5, 5.41) is 0. The molecule has 2 aromatic carbocycles. The topological polar surface area (TPSA) is 38.8 Å². The van der Waals surface area contributed by atoms with E-state index in [-0.39, 0.29) is 12.1 Å². The SMILES string of the molecule is COc1ccc(CC2C=CCN2C(=O)OCc2ccccc2)cc1. The van der Waals surface area contributed by atoms with Crippen molar-refractivity contribution in [2.45, 2.75) is 19.1 Å². The van der Waals surface area contributed by atoms with Gasteiger partial charge in [0, 0.05) is 6.54 Å². The zero-order valence-corrected chi connectivity index (χ0v) is 13.7. The van der Waals surface area contributed by atoms with Crippen molar-refractivity contribution in [1.29, 1.82) is 0 Å². The van der Waals surface area contributed by atoms with Gasteiger partial charge in [-0.25, -0.2) is 4.79 Å². The van der Waals surface area contributed by atoms with E-state index in [1.165, 1.54) is 0 Å². The smallest absolute Gasteiger partial charge is 0.410 e. The molecule has 0 aromatic heterocycles. The van der Waals surface area contributed by atoms with E-state index in [9.17, 15) is 4.79 Å². The molecule has 1 aliphatic rings. The van der Waals surface area contributed by atoms with Gasteiger partial charge >= 0.3 is 6.09 Å². The van der Waals surface area contributed by atoms with Crippen molar-refractivity contribution in [1.82, 2.24) is 4.90 Å². The minimum Gasteiger partial charge on any atom is -0.497 e. The van der Waals surface area contributed by atoms with E-state index in [2.05, 4.69) is 6.08 Å². The fraction of sp³-hybridized carbons (Fsp3) is 0.250. The third-order valence-electron chi connectivity index (χ3n) is 4.10. The fourth-order valence-electron chi connectivity index (χ4n) is 2.76. The number of benzene rings is 2. The molecule has 0 saturated heterocycles. The molecule has 0 saturated carbocycles. The largest absolute Gasteiger partial charge is 0.497 e. The first-order valence-corrected chi connectivity index (χ1v) is 8.03. The lowest BCUT2D eigenvalue weighted by atomic mass is 10.1. The van der Waals surface area contributed by atoms with Crippen LogP contribution in [-0.2, 0) is 17.8 Å². The molecule has 1 unspecified atom stereocenters. The van der Waals surface area contributed by atoms with Crippen molar-refractivity contribution < 1.29 is 14.3 Å². The van der Waals surface area contributed by atoms with E-state index in [1.807, 2.05) is 60.7 Å². The number of carbonyl (C=O) groups is 1. The molecule has 0 aliphatic carbocycles. The maximum Gasteiger partial charge on any atom is 0.410 e. The zero-order chi connectivity index (χ0) is 16.8. The van der Waals surface area contributed by atoms with E-state index < -0.39 is 0 Å². The Balaban J connectivity index is 1.57. The van der Waals surface area contributed by atoms with Crippen molar-refractivity contribution in [2.24, 2.45) is 0 Å². The molecule has 0 spiro atoms. The highest BCUT2D eigenvalue weighted by Gasteiger charge is 2.26. The normalized spacial score (nSPS) is 16.2. The highest BCUT2D eigenvalue weighted by atomic mass is 16.6. The molecular weight excluding hydrogens is 302 g/mol. The quantitative estimate of drug-likeness (QED) is 0.785. The van der Waals surface area contributed by atoms with Gasteiger partial charge in [-0.1, -0.05) is 54.6 Å². The van der Waals surface area contributed by atoms with Crippen LogP contribution in [0.2, 0.25) is 0 Å². The van der Waals surface area contributed by atoms with Crippen LogP contribution in [0.25, 0.3) is 0 Å². The summed E-state index contributed by atoms with van der Waals surface area (Å²) in [6.45, 7) is 0.889. The van der Waals surface area contributed by atoms with Crippen LogP contribution < -0.4 is 4.74 Å². The van der Waals surface area contributed by atoms with E-state index in [0.29, 0.717) is 13.2 Å². The van der Waals surface area contributed by atoms with Crippen molar-refractivity contribution in [3.8, 4) is 5.75 Å². The third-order valence-corrected chi connectivity index (χ3v) is 4.10. The Labute approximate surface area is 142 Å². The summed E-state index contributed by atoms with van der Waals surface area (Å²) in [7, 11) is 1.65. The number of hydrogen-bond acceptors (Lipinski definition) is 3. The number of nitrogens with zero attached hydrogens (tertiary/aromatic N) is 1. The Bertz CT molecular complexity index is 695. The van der Waals surface area contributed by atoms with Crippen LogP contribution in [0.5, 0.6) is 5.75 Å². The molecule has 24 heavy (non-hydrogen) atoms. The Morgan fingerprint density at radius 2 is 1.83 bits per heavy atom. The van der Waals surface area contributed by atoms with Gasteiger partial charge in [0.25, 0.3) is 0 Å². The molecule has 4 heteroatoms. The van der Waals surface area contributed by atoms with Crippen LogP contribution in [0.3, 0.4) is 0 Å². The summed E-state index contributed by atoms with van der Waals surface area (Å²) >= 11 is 0. The van der Waals surface area contributed by atoms with Gasteiger partial charge < -0.3 is 9.47 Å². The van der Waals surface area contributed by atoms with Gasteiger partial charge in [-0.15, -0.1) is 0 Å². The van der Waals surface area contributed by atoms with Gasteiger partial charge in [0.05, 0.1) is 13.2 Å². The molecule has 1 atom stereocenters. The fourth-order valence-corrected chi connectivity index (χ4v) is 2.76. The van der Waals surface area contributed by atoms with Gasteiger partial charge in [-0.05, 0) is 29.7 Å². The molecule has 1 aliphatic heterocycles. The van der Waals surface area contributed by atoms with Crippen molar-refractivity contribution in [2.75, 3.05) is 13.7 Å². The summed E-state index contributed by atoms with van der Waals surface area (Å²) < 4.78 is 10.6. The van der Waals surface area contributed by atoms with E-state index >= 15 is 0 Å². The summed E-state index contributed by atoms with van der Waals surface area (Å²) in [5.41, 5.74) is 2.15. The zero-order valence-electron chi connectivity index (χ0n) is 13.7. The summed E-state index contributed by atoms with van der Waals surface area (Å²) in [6, 6.07) is 17.7. The number of ether oxygens (including phenoxy) is 2. The molecule has 2 aromatic rings. The van der Waals surface area contributed by atoms with Crippen LogP contribution in [0.15, 0.2) is 66.7 Å². The number of carbonyl (C=O) groups excluding carboxylic acids is 1. The van der Waals surface area contributed by atoms with Crippen LogP contribution >= 0.6 is 0 Å². The molecule has 0 N–H and O–H groups in total. The standard InChI is InChI=1S/C20H21NO3/c1-23-19-11-9-16(10-12-19)14-18-8-5-13-21(18)20(22)24-15-17-6-3-2-4-7-17/h2-12,18H,13-15H2,1H3. The molecule has 0 radical (unpaired) electrons. The molecule has 1 heterocycles. The van der Waals surface area contributed by atoms with Gasteiger partial charge in [0.1, 0.15) is 12.4 Å². The molecule has 3 rings (SSSR count). The second-order valence-electron chi connectivity index (χ2n) is 5.74. The number of amides is 1. The average Bonchev–Trinajstić information content (AvgIpc) is 3.09. The average molecular weight is 323 g/mol. The van der Waals surface area contributed by atoms with E-state index in [1.54, 1.807) is 12.0 Å².